The van der Waals surface area contributed by atoms with Crippen molar-refractivity contribution in [1.82, 2.24) is 19.8 Å². The van der Waals surface area contributed by atoms with Gasteiger partial charge in [-0.05, 0) is 39.4 Å². The monoisotopic (exact) mass is 553 g/mol. The lowest BCUT2D eigenvalue weighted by molar-refractivity contribution is 0.0268. The number of likely N-dealkylation sites (N-methyl/N-ethyl adjacent to an activating group) is 1. The summed E-state index contributed by atoms with van der Waals surface area (Å²) in [5.74, 6) is 0.629. The Balaban J connectivity index is 0.00000450. The van der Waals surface area contributed by atoms with Crippen molar-refractivity contribution in [3.05, 3.63) is 29.8 Å². The third-order valence-corrected chi connectivity index (χ3v) is 7.04. The van der Waals surface area contributed by atoms with Gasteiger partial charge >= 0.3 is 0 Å². The molecule has 1 aliphatic heterocycles. The molecule has 2 N–H and O–H groups in total. The molecule has 1 aromatic rings. The molecule has 0 aromatic heterocycles. The quantitative estimate of drug-likeness (QED) is 0.290. The van der Waals surface area contributed by atoms with Crippen LogP contribution in [0.3, 0.4) is 0 Å². The summed E-state index contributed by atoms with van der Waals surface area (Å²) < 4.78 is 33.4. The minimum absolute atomic E-state index is 0. The van der Waals surface area contributed by atoms with Crippen LogP contribution in [0.4, 0.5) is 0 Å². The second-order valence-corrected chi connectivity index (χ2v) is 9.73. The second-order valence-electron chi connectivity index (χ2n) is 7.83. The Morgan fingerprint density at radius 3 is 2.40 bits per heavy atom. The topological polar surface area (TPSA) is 86.3 Å². The first-order chi connectivity index (χ1) is 13.7. The van der Waals surface area contributed by atoms with Crippen molar-refractivity contribution >= 4 is 40.0 Å². The number of nitrogens with zero attached hydrogens (tertiary/aromatic N) is 3. The predicted octanol–water partition coefficient (Wildman–Crippen LogP) is 1.72. The van der Waals surface area contributed by atoms with E-state index in [4.69, 9.17) is 4.74 Å². The summed E-state index contributed by atoms with van der Waals surface area (Å²) >= 11 is 0. The van der Waals surface area contributed by atoms with Crippen LogP contribution in [-0.2, 0) is 21.3 Å². The summed E-state index contributed by atoms with van der Waals surface area (Å²) in [6, 6.07) is 7.12. The highest BCUT2D eigenvalue weighted by Gasteiger charge is 2.29. The Hall–Kier alpha value is -0.950. The van der Waals surface area contributed by atoms with Crippen LogP contribution >= 0.6 is 24.0 Å². The van der Waals surface area contributed by atoms with Gasteiger partial charge in [-0.15, -0.1) is 24.0 Å². The number of halogens is 1. The standard InChI is InChI=1S/C20H35N5O3S.HI/c1-6-21-19(23-16-20(2,3)28-5)22-15-17-9-7-8-10-18(17)29(26,27)25-13-11-24(4)12-14-25;/h7-10H,6,11-16H2,1-5H3,(H2,21,22,23);1H. The lowest BCUT2D eigenvalue weighted by Crippen LogP contribution is -2.47. The van der Waals surface area contributed by atoms with E-state index < -0.39 is 10.0 Å². The van der Waals surface area contributed by atoms with Crippen LogP contribution in [0.15, 0.2) is 34.2 Å². The SMILES string of the molecule is CCNC(=NCc1ccccc1S(=O)(=O)N1CCN(C)CC1)NCC(C)(C)OC.I. The molecular weight excluding hydrogens is 517 g/mol. The van der Waals surface area contributed by atoms with Gasteiger partial charge in [0.1, 0.15) is 0 Å². The van der Waals surface area contributed by atoms with Gasteiger partial charge in [0.2, 0.25) is 10.0 Å². The van der Waals surface area contributed by atoms with Crippen LogP contribution in [0.2, 0.25) is 0 Å². The number of sulfonamides is 1. The van der Waals surface area contributed by atoms with Gasteiger partial charge in [-0.3, -0.25) is 0 Å². The van der Waals surface area contributed by atoms with E-state index >= 15 is 0 Å². The molecule has 0 unspecified atom stereocenters. The smallest absolute Gasteiger partial charge is 0.243 e. The number of aliphatic imine (C=N–C) groups is 1. The third kappa shape index (κ3) is 7.63. The molecule has 8 nitrogen and oxygen atoms in total. The Morgan fingerprint density at radius 1 is 1.17 bits per heavy atom. The lowest BCUT2D eigenvalue weighted by atomic mass is 10.1. The van der Waals surface area contributed by atoms with Crippen LogP contribution in [-0.4, -0.2) is 82.6 Å². The van der Waals surface area contributed by atoms with Gasteiger partial charge in [0, 0.05) is 46.4 Å². The normalized spacial score (nSPS) is 16.8. The minimum atomic E-state index is -3.54. The van der Waals surface area contributed by atoms with Crippen molar-refractivity contribution in [2.24, 2.45) is 4.99 Å². The highest BCUT2D eigenvalue weighted by Crippen LogP contribution is 2.22. The molecule has 1 aliphatic rings. The second kappa shape index (κ2) is 12.2. The average Bonchev–Trinajstić information content (AvgIpc) is 2.70. The van der Waals surface area contributed by atoms with E-state index in [0.29, 0.717) is 42.6 Å². The van der Waals surface area contributed by atoms with Gasteiger partial charge in [-0.2, -0.15) is 4.31 Å². The molecule has 0 amide bonds. The molecule has 0 atom stereocenters. The predicted molar refractivity (Wildman–Crippen MR) is 132 cm³/mol. The van der Waals surface area contributed by atoms with Crippen LogP contribution in [0.1, 0.15) is 26.3 Å². The number of ether oxygens (including phenoxy) is 1. The molecule has 0 radical (unpaired) electrons. The van der Waals surface area contributed by atoms with Crippen LogP contribution in [0.5, 0.6) is 0 Å². The number of guanidine groups is 1. The lowest BCUT2D eigenvalue weighted by Gasteiger charge is -2.32. The van der Waals surface area contributed by atoms with Crippen molar-refractivity contribution in [3.63, 3.8) is 0 Å². The van der Waals surface area contributed by atoms with E-state index in [2.05, 4.69) is 20.5 Å². The van der Waals surface area contributed by atoms with Gasteiger partial charge in [-0.1, -0.05) is 18.2 Å². The van der Waals surface area contributed by atoms with Crippen molar-refractivity contribution in [1.29, 1.82) is 0 Å². The van der Waals surface area contributed by atoms with Crippen LogP contribution in [0, 0.1) is 0 Å². The fourth-order valence-corrected chi connectivity index (χ4v) is 4.57. The number of piperazine rings is 1. The molecule has 0 saturated carbocycles. The zero-order valence-electron chi connectivity index (χ0n) is 18.6. The first-order valence-corrected chi connectivity index (χ1v) is 11.5. The summed E-state index contributed by atoms with van der Waals surface area (Å²) in [6.45, 7) is 10.0. The fraction of sp³-hybridized carbons (Fsp3) is 0.650. The summed E-state index contributed by atoms with van der Waals surface area (Å²) in [6.07, 6.45) is 0. The molecule has 30 heavy (non-hydrogen) atoms. The summed E-state index contributed by atoms with van der Waals surface area (Å²) in [5.41, 5.74) is 0.355. The van der Waals surface area contributed by atoms with E-state index in [0.717, 1.165) is 13.1 Å². The molecule has 2 rings (SSSR count). The van der Waals surface area contributed by atoms with Gasteiger partial charge in [0.05, 0.1) is 17.0 Å². The molecular formula is C20H36IN5O3S. The third-order valence-electron chi connectivity index (χ3n) is 5.04. The Morgan fingerprint density at radius 2 is 1.80 bits per heavy atom. The van der Waals surface area contributed by atoms with Crippen LogP contribution in [0.25, 0.3) is 0 Å². The van der Waals surface area contributed by atoms with Gasteiger partial charge in [0.15, 0.2) is 5.96 Å². The van der Waals surface area contributed by atoms with E-state index in [1.165, 1.54) is 0 Å². The van der Waals surface area contributed by atoms with E-state index in [1.54, 1.807) is 23.5 Å². The molecule has 0 aliphatic carbocycles. The van der Waals surface area contributed by atoms with Crippen LogP contribution < -0.4 is 10.6 Å². The molecule has 1 saturated heterocycles. The molecule has 1 heterocycles. The van der Waals surface area contributed by atoms with Crippen molar-refractivity contribution < 1.29 is 13.2 Å². The molecule has 10 heteroatoms. The highest BCUT2D eigenvalue weighted by atomic mass is 127. The zero-order chi connectivity index (χ0) is 21.5. The van der Waals surface area contributed by atoms with Gasteiger partial charge in [-0.25, -0.2) is 13.4 Å². The zero-order valence-corrected chi connectivity index (χ0v) is 21.8. The maximum Gasteiger partial charge on any atom is 0.243 e. The van der Waals surface area contributed by atoms with Gasteiger partial charge in [0.25, 0.3) is 0 Å². The number of hydrogen-bond acceptors (Lipinski definition) is 5. The Labute approximate surface area is 198 Å². The number of methoxy groups -OCH3 is 1. The fourth-order valence-electron chi connectivity index (χ4n) is 2.93. The summed E-state index contributed by atoms with van der Waals surface area (Å²) in [4.78, 5) is 7.07. The molecule has 1 fully saturated rings. The Bertz CT molecular complexity index is 793. The Kier molecular flexibility index (Phi) is 11.0. The van der Waals surface area contributed by atoms with Crippen molar-refractivity contribution in [3.8, 4) is 0 Å². The summed E-state index contributed by atoms with van der Waals surface area (Å²) in [7, 11) is 0.139. The molecule has 0 spiro atoms. The molecule has 172 valence electrons. The van der Waals surface area contributed by atoms with E-state index in [9.17, 15) is 8.42 Å². The van der Waals surface area contributed by atoms with E-state index in [-0.39, 0.29) is 36.1 Å². The van der Waals surface area contributed by atoms with Crippen molar-refractivity contribution in [2.75, 3.05) is 53.4 Å². The number of hydrogen-bond donors (Lipinski definition) is 2. The van der Waals surface area contributed by atoms with Gasteiger partial charge < -0.3 is 20.3 Å². The summed E-state index contributed by atoms with van der Waals surface area (Å²) in [5, 5.41) is 6.45. The van der Waals surface area contributed by atoms with E-state index in [1.807, 2.05) is 40.0 Å². The number of rotatable bonds is 8. The minimum Gasteiger partial charge on any atom is -0.377 e. The first kappa shape index (κ1) is 27.1. The molecule has 1 aromatic carbocycles. The first-order valence-electron chi connectivity index (χ1n) is 10.0. The maximum absolute atomic E-state index is 13.2. The number of benzene rings is 1. The largest absolute Gasteiger partial charge is 0.377 e. The van der Waals surface area contributed by atoms with Crippen molar-refractivity contribution in [2.45, 2.75) is 37.8 Å². The average molecular weight is 554 g/mol. The highest BCUT2D eigenvalue weighted by molar-refractivity contribution is 14.0. The maximum atomic E-state index is 13.2. The molecule has 0 bridgehead atoms. The number of nitrogens with one attached hydrogen (secondary N) is 2.